The van der Waals surface area contributed by atoms with Gasteiger partial charge in [0.2, 0.25) is 10.0 Å². The van der Waals surface area contributed by atoms with E-state index >= 15 is 0 Å². The van der Waals surface area contributed by atoms with E-state index in [9.17, 15) is 8.42 Å². The monoisotopic (exact) mass is 225 g/mol. The minimum absolute atomic E-state index is 0.126. The van der Waals surface area contributed by atoms with Crippen LogP contribution >= 0.6 is 11.8 Å². The molecular formula is C7H15NO3S2. The Kier molecular flexibility index (Phi) is 4.03. The van der Waals surface area contributed by atoms with Crippen LogP contribution in [-0.4, -0.2) is 54.8 Å². The van der Waals surface area contributed by atoms with Crippen LogP contribution in [0.2, 0.25) is 0 Å². The molecule has 6 heteroatoms. The molecule has 1 unspecified atom stereocenters. The first-order valence-corrected chi connectivity index (χ1v) is 6.98. The summed E-state index contributed by atoms with van der Waals surface area (Å²) in [6.45, 7) is -0.299. The molecule has 0 aromatic heterocycles. The number of rotatable bonds is 4. The van der Waals surface area contributed by atoms with Gasteiger partial charge in [-0.2, -0.15) is 11.8 Å². The zero-order chi connectivity index (χ0) is 9.90. The zero-order valence-electron chi connectivity index (χ0n) is 7.64. The molecule has 78 valence electrons. The summed E-state index contributed by atoms with van der Waals surface area (Å²) in [5.41, 5.74) is 0. The van der Waals surface area contributed by atoms with Crippen LogP contribution in [0.15, 0.2) is 0 Å². The number of hydrogen-bond acceptors (Lipinski definition) is 4. The van der Waals surface area contributed by atoms with E-state index in [-0.39, 0.29) is 18.4 Å². The van der Waals surface area contributed by atoms with Crippen molar-refractivity contribution in [3.63, 3.8) is 0 Å². The Bertz CT molecular complexity index is 246. The maximum atomic E-state index is 11.5. The minimum atomic E-state index is -3.22. The summed E-state index contributed by atoms with van der Waals surface area (Å²) in [4.78, 5) is 0. The Morgan fingerprint density at radius 1 is 1.62 bits per heavy atom. The maximum absolute atomic E-state index is 11.5. The van der Waals surface area contributed by atoms with Gasteiger partial charge in [-0.1, -0.05) is 0 Å². The van der Waals surface area contributed by atoms with Crippen molar-refractivity contribution in [3.05, 3.63) is 0 Å². The summed E-state index contributed by atoms with van der Waals surface area (Å²) in [7, 11) is -1.63. The molecule has 1 fully saturated rings. The first-order valence-electron chi connectivity index (χ1n) is 4.22. The molecule has 0 aliphatic carbocycles. The van der Waals surface area contributed by atoms with E-state index in [0.717, 1.165) is 17.9 Å². The van der Waals surface area contributed by atoms with Crippen LogP contribution < -0.4 is 0 Å². The number of aliphatic hydroxyl groups excluding tert-OH is 1. The topological polar surface area (TPSA) is 57.6 Å². The van der Waals surface area contributed by atoms with E-state index in [2.05, 4.69) is 0 Å². The van der Waals surface area contributed by atoms with E-state index in [1.807, 2.05) is 0 Å². The number of nitrogens with zero attached hydrogens (tertiary/aromatic N) is 1. The lowest BCUT2D eigenvalue weighted by atomic mass is 10.3. The lowest BCUT2D eigenvalue weighted by molar-refractivity contribution is 0.313. The molecule has 1 heterocycles. The standard InChI is InChI=1S/C7H15NO3S2/c1-8(7-2-4-12-6-7)13(10,11)5-3-9/h7,9H,2-6H2,1H3. The van der Waals surface area contributed by atoms with E-state index in [1.165, 1.54) is 4.31 Å². The molecule has 0 saturated carbocycles. The van der Waals surface area contributed by atoms with Gasteiger partial charge in [0.1, 0.15) is 0 Å². The van der Waals surface area contributed by atoms with Crippen molar-refractivity contribution in [2.24, 2.45) is 0 Å². The first-order chi connectivity index (χ1) is 6.08. The lowest BCUT2D eigenvalue weighted by Crippen LogP contribution is -2.39. The number of thioether (sulfide) groups is 1. The molecule has 1 aliphatic heterocycles. The molecular weight excluding hydrogens is 210 g/mol. The quantitative estimate of drug-likeness (QED) is 0.716. The van der Waals surface area contributed by atoms with Crippen molar-refractivity contribution in [2.75, 3.05) is 30.9 Å². The van der Waals surface area contributed by atoms with Gasteiger partial charge in [-0.05, 0) is 12.2 Å². The lowest BCUT2D eigenvalue weighted by Gasteiger charge is -2.22. The van der Waals surface area contributed by atoms with Crippen molar-refractivity contribution >= 4 is 21.8 Å². The highest BCUT2D eigenvalue weighted by atomic mass is 32.2. The molecule has 1 saturated heterocycles. The van der Waals surface area contributed by atoms with Crippen molar-refractivity contribution in [3.8, 4) is 0 Å². The third kappa shape index (κ3) is 2.83. The third-order valence-electron chi connectivity index (χ3n) is 2.21. The van der Waals surface area contributed by atoms with Crippen LogP contribution in [0.5, 0.6) is 0 Å². The van der Waals surface area contributed by atoms with Gasteiger partial charge < -0.3 is 5.11 Å². The number of aliphatic hydroxyl groups is 1. The SMILES string of the molecule is CN(C1CCSC1)S(=O)(=O)CCO. The first kappa shape index (κ1) is 11.3. The molecule has 0 radical (unpaired) electrons. The second-order valence-electron chi connectivity index (χ2n) is 3.07. The normalized spacial score (nSPS) is 24.1. The molecule has 1 rings (SSSR count). The second kappa shape index (κ2) is 4.63. The molecule has 0 aromatic carbocycles. The van der Waals surface area contributed by atoms with Crippen molar-refractivity contribution in [1.82, 2.24) is 4.31 Å². The Morgan fingerprint density at radius 2 is 2.31 bits per heavy atom. The Morgan fingerprint density at radius 3 is 2.77 bits per heavy atom. The highest BCUT2D eigenvalue weighted by Crippen LogP contribution is 2.23. The van der Waals surface area contributed by atoms with Crippen LogP contribution in [0.3, 0.4) is 0 Å². The number of hydrogen-bond donors (Lipinski definition) is 1. The predicted molar refractivity (Wildman–Crippen MR) is 54.4 cm³/mol. The fraction of sp³-hybridized carbons (Fsp3) is 1.00. The van der Waals surface area contributed by atoms with Gasteiger partial charge in [0.05, 0.1) is 12.4 Å². The summed E-state index contributed by atoms with van der Waals surface area (Å²) in [5.74, 6) is 1.75. The molecule has 13 heavy (non-hydrogen) atoms. The summed E-state index contributed by atoms with van der Waals surface area (Å²) in [6.07, 6.45) is 0.922. The van der Waals surface area contributed by atoms with Gasteiger partial charge in [-0.25, -0.2) is 12.7 Å². The molecule has 4 nitrogen and oxygen atoms in total. The highest BCUT2D eigenvalue weighted by molar-refractivity contribution is 7.99. The second-order valence-corrected chi connectivity index (χ2v) is 6.37. The van der Waals surface area contributed by atoms with Crippen molar-refractivity contribution in [2.45, 2.75) is 12.5 Å². The summed E-state index contributed by atoms with van der Waals surface area (Å²) in [5, 5.41) is 8.58. The fourth-order valence-corrected chi connectivity index (χ4v) is 3.81. The Labute approximate surface area is 83.4 Å². The van der Waals surface area contributed by atoms with Gasteiger partial charge in [-0.3, -0.25) is 0 Å². The van der Waals surface area contributed by atoms with E-state index in [4.69, 9.17) is 5.11 Å². The van der Waals surface area contributed by atoms with Crippen LogP contribution in [0.1, 0.15) is 6.42 Å². The Hall–Kier alpha value is 0.220. The van der Waals surface area contributed by atoms with Crippen LogP contribution in [0.4, 0.5) is 0 Å². The van der Waals surface area contributed by atoms with E-state index in [1.54, 1.807) is 18.8 Å². The molecule has 0 spiro atoms. The largest absolute Gasteiger partial charge is 0.395 e. The fourth-order valence-electron chi connectivity index (χ4n) is 1.30. The Balaban J connectivity index is 2.59. The molecule has 1 N–H and O–H groups in total. The van der Waals surface area contributed by atoms with Gasteiger partial charge in [0, 0.05) is 18.8 Å². The summed E-state index contributed by atoms with van der Waals surface area (Å²) >= 11 is 1.78. The number of sulfonamides is 1. The molecule has 0 aromatic rings. The highest BCUT2D eigenvalue weighted by Gasteiger charge is 2.28. The summed E-state index contributed by atoms with van der Waals surface area (Å²) < 4.78 is 24.4. The van der Waals surface area contributed by atoms with Crippen molar-refractivity contribution < 1.29 is 13.5 Å². The zero-order valence-corrected chi connectivity index (χ0v) is 9.27. The average Bonchev–Trinajstić information content (AvgIpc) is 2.54. The van der Waals surface area contributed by atoms with Gasteiger partial charge in [0.25, 0.3) is 0 Å². The van der Waals surface area contributed by atoms with Gasteiger partial charge in [0.15, 0.2) is 0 Å². The maximum Gasteiger partial charge on any atom is 0.216 e. The predicted octanol–water partition coefficient (Wildman–Crippen LogP) is -0.254. The smallest absolute Gasteiger partial charge is 0.216 e. The molecule has 1 atom stereocenters. The molecule has 0 amide bonds. The van der Waals surface area contributed by atoms with Crippen LogP contribution in [0.25, 0.3) is 0 Å². The summed E-state index contributed by atoms with van der Waals surface area (Å²) in [6, 6.07) is 0.126. The van der Waals surface area contributed by atoms with E-state index in [0.29, 0.717) is 0 Å². The van der Waals surface area contributed by atoms with Gasteiger partial charge in [-0.15, -0.1) is 0 Å². The average molecular weight is 225 g/mol. The molecule has 1 aliphatic rings. The molecule has 0 bridgehead atoms. The van der Waals surface area contributed by atoms with Crippen molar-refractivity contribution in [1.29, 1.82) is 0 Å². The third-order valence-corrected chi connectivity index (χ3v) is 5.23. The minimum Gasteiger partial charge on any atom is -0.395 e. The van der Waals surface area contributed by atoms with E-state index < -0.39 is 10.0 Å². The van der Waals surface area contributed by atoms with Crippen LogP contribution in [0, 0.1) is 0 Å². The van der Waals surface area contributed by atoms with Crippen LogP contribution in [-0.2, 0) is 10.0 Å². The van der Waals surface area contributed by atoms with Gasteiger partial charge >= 0.3 is 0 Å².